The minimum atomic E-state index is -3.52. The molecule has 0 aromatic carbocycles. The lowest BCUT2D eigenvalue weighted by molar-refractivity contribution is -0.119. The van der Waals surface area contributed by atoms with Crippen LogP contribution >= 0.6 is 0 Å². The summed E-state index contributed by atoms with van der Waals surface area (Å²) in [6, 6.07) is -0.326. The Balaban J connectivity index is 2.39. The normalized spacial score (nSPS) is 19.3. The highest BCUT2D eigenvalue weighted by molar-refractivity contribution is 7.86. The van der Waals surface area contributed by atoms with Crippen LogP contribution in [0.1, 0.15) is 42.9 Å². The third kappa shape index (κ3) is 3.85. The lowest BCUT2D eigenvalue weighted by Gasteiger charge is -2.27. The summed E-state index contributed by atoms with van der Waals surface area (Å²) < 4.78 is 27.7. The first-order valence-electron chi connectivity index (χ1n) is 7.49. The van der Waals surface area contributed by atoms with E-state index in [0.717, 1.165) is 12.0 Å². The molecule has 1 fully saturated rings. The van der Waals surface area contributed by atoms with Gasteiger partial charge in [0.25, 0.3) is 10.2 Å². The van der Waals surface area contributed by atoms with E-state index in [-0.39, 0.29) is 18.5 Å². The van der Waals surface area contributed by atoms with Crippen molar-refractivity contribution in [2.75, 3.05) is 20.6 Å². The lowest BCUT2D eigenvalue weighted by atomic mass is 10.1. The zero-order chi connectivity index (χ0) is 17.2. The van der Waals surface area contributed by atoms with Crippen molar-refractivity contribution in [3.8, 4) is 0 Å². The Labute approximate surface area is 137 Å². The van der Waals surface area contributed by atoms with Crippen LogP contribution in [0.4, 0.5) is 0 Å². The summed E-state index contributed by atoms with van der Waals surface area (Å²) in [4.78, 5) is 19.8. The second-order valence-electron chi connectivity index (χ2n) is 5.80. The first kappa shape index (κ1) is 17.8. The van der Waals surface area contributed by atoms with Crippen molar-refractivity contribution in [2.45, 2.75) is 39.3 Å². The molecule has 1 aliphatic rings. The van der Waals surface area contributed by atoms with Gasteiger partial charge in [0.2, 0.25) is 5.91 Å². The largest absolute Gasteiger partial charge is 0.352 e. The van der Waals surface area contributed by atoms with Crippen molar-refractivity contribution in [1.29, 1.82) is 0 Å². The van der Waals surface area contributed by atoms with Gasteiger partial charge in [-0.05, 0) is 19.8 Å². The van der Waals surface area contributed by atoms with Gasteiger partial charge >= 0.3 is 0 Å². The van der Waals surface area contributed by atoms with Crippen LogP contribution in [0.15, 0.2) is 6.20 Å². The molecule has 23 heavy (non-hydrogen) atoms. The maximum absolute atomic E-state index is 12.5. The predicted octanol–water partition coefficient (Wildman–Crippen LogP) is 0.364. The van der Waals surface area contributed by atoms with E-state index in [1.165, 1.54) is 29.6 Å². The molecule has 1 N–H and O–H groups in total. The van der Waals surface area contributed by atoms with Gasteiger partial charge in [-0.3, -0.25) is 4.79 Å². The van der Waals surface area contributed by atoms with Gasteiger partial charge in [0, 0.05) is 45.9 Å². The molecular formula is C14H23N5O3S. The van der Waals surface area contributed by atoms with Gasteiger partial charge in [0.05, 0.1) is 11.7 Å². The molecule has 2 rings (SSSR count). The first-order chi connectivity index (χ1) is 10.7. The lowest BCUT2D eigenvalue weighted by Crippen LogP contribution is -2.40. The van der Waals surface area contributed by atoms with Crippen LogP contribution in [0.5, 0.6) is 0 Å². The molecule has 0 spiro atoms. The zero-order valence-electron chi connectivity index (χ0n) is 13.9. The molecule has 0 aliphatic carbocycles. The van der Waals surface area contributed by atoms with Gasteiger partial charge in [-0.2, -0.15) is 17.0 Å². The molecule has 2 heterocycles. The fraction of sp³-hybridized carbons (Fsp3) is 0.643. The van der Waals surface area contributed by atoms with Crippen LogP contribution in [-0.2, 0) is 21.5 Å². The standard InChI is InChI=1S/C14H23N5O3S/c1-10-15-8-12(9-16-11(2)20)14(17-10)13-6-5-7-19(13)23(21,22)18(3)4/h8,13H,5-7,9H2,1-4H3,(H,16,20)/t13-/m1/s1. The summed E-state index contributed by atoms with van der Waals surface area (Å²) in [7, 11) is -0.472. The first-order valence-corrected chi connectivity index (χ1v) is 8.89. The highest BCUT2D eigenvalue weighted by atomic mass is 32.2. The van der Waals surface area contributed by atoms with Crippen LogP contribution in [-0.4, -0.2) is 53.5 Å². The fourth-order valence-corrected chi connectivity index (χ4v) is 3.96. The maximum atomic E-state index is 12.5. The second kappa shape index (κ2) is 6.90. The summed E-state index contributed by atoms with van der Waals surface area (Å²) in [6.07, 6.45) is 3.14. The molecule has 1 atom stereocenters. The van der Waals surface area contributed by atoms with Crippen molar-refractivity contribution in [3.63, 3.8) is 0 Å². The molecular weight excluding hydrogens is 318 g/mol. The van der Waals surface area contributed by atoms with Crippen molar-refractivity contribution in [1.82, 2.24) is 23.9 Å². The summed E-state index contributed by atoms with van der Waals surface area (Å²) >= 11 is 0. The highest BCUT2D eigenvalue weighted by Crippen LogP contribution is 2.35. The highest BCUT2D eigenvalue weighted by Gasteiger charge is 2.38. The van der Waals surface area contributed by atoms with E-state index in [2.05, 4.69) is 15.3 Å². The number of aryl methyl sites for hydroxylation is 1. The molecule has 1 amide bonds. The Bertz CT molecular complexity index is 690. The molecule has 1 saturated heterocycles. The molecule has 0 unspecified atom stereocenters. The van der Waals surface area contributed by atoms with Crippen LogP contribution in [0.3, 0.4) is 0 Å². The van der Waals surface area contributed by atoms with Crippen LogP contribution in [0, 0.1) is 6.92 Å². The predicted molar refractivity (Wildman–Crippen MR) is 85.6 cm³/mol. The van der Waals surface area contributed by atoms with Gasteiger partial charge in [-0.25, -0.2) is 9.97 Å². The molecule has 1 aromatic heterocycles. The molecule has 0 bridgehead atoms. The summed E-state index contributed by atoms with van der Waals surface area (Å²) in [5.41, 5.74) is 1.42. The van der Waals surface area contributed by atoms with Gasteiger partial charge in [0.15, 0.2) is 0 Å². The Hall–Kier alpha value is -1.58. The van der Waals surface area contributed by atoms with Crippen LogP contribution in [0.2, 0.25) is 0 Å². The fourth-order valence-electron chi connectivity index (χ4n) is 2.66. The Morgan fingerprint density at radius 1 is 1.48 bits per heavy atom. The summed E-state index contributed by atoms with van der Waals surface area (Å²) in [5.74, 6) is 0.432. The van der Waals surface area contributed by atoms with Crippen LogP contribution in [0.25, 0.3) is 0 Å². The van der Waals surface area contributed by atoms with Gasteiger partial charge in [-0.1, -0.05) is 0 Å². The number of amides is 1. The molecule has 0 radical (unpaired) electrons. The third-order valence-corrected chi connectivity index (χ3v) is 5.78. The quantitative estimate of drug-likeness (QED) is 0.834. The number of nitrogens with zero attached hydrogens (tertiary/aromatic N) is 4. The topological polar surface area (TPSA) is 95.5 Å². The van der Waals surface area contributed by atoms with E-state index in [0.29, 0.717) is 24.5 Å². The van der Waals surface area contributed by atoms with E-state index in [9.17, 15) is 13.2 Å². The Kier molecular flexibility index (Phi) is 5.33. The van der Waals surface area contributed by atoms with E-state index in [1.807, 2.05) is 0 Å². The average molecular weight is 341 g/mol. The monoisotopic (exact) mass is 341 g/mol. The number of carbonyl (C=O) groups excluding carboxylic acids is 1. The molecule has 8 nitrogen and oxygen atoms in total. The summed E-state index contributed by atoms with van der Waals surface area (Å²) in [5, 5.41) is 2.72. The molecule has 9 heteroatoms. The van der Waals surface area contributed by atoms with Gasteiger partial charge in [-0.15, -0.1) is 0 Å². The average Bonchev–Trinajstić information content (AvgIpc) is 2.95. The number of carbonyl (C=O) groups is 1. The van der Waals surface area contributed by atoms with E-state index < -0.39 is 10.2 Å². The minimum absolute atomic E-state index is 0.152. The minimum Gasteiger partial charge on any atom is -0.352 e. The number of hydrogen-bond acceptors (Lipinski definition) is 5. The Morgan fingerprint density at radius 2 is 2.17 bits per heavy atom. The number of rotatable bonds is 5. The molecule has 128 valence electrons. The summed E-state index contributed by atoms with van der Waals surface area (Å²) in [6.45, 7) is 3.96. The zero-order valence-corrected chi connectivity index (χ0v) is 14.7. The van der Waals surface area contributed by atoms with Gasteiger partial charge in [0.1, 0.15) is 5.82 Å². The third-order valence-electron chi connectivity index (χ3n) is 3.82. The number of aromatic nitrogens is 2. The molecule has 1 aliphatic heterocycles. The second-order valence-corrected chi connectivity index (χ2v) is 7.89. The van der Waals surface area contributed by atoms with Gasteiger partial charge < -0.3 is 5.32 Å². The Morgan fingerprint density at radius 3 is 2.78 bits per heavy atom. The van der Waals surface area contributed by atoms with Crippen molar-refractivity contribution in [2.24, 2.45) is 0 Å². The smallest absolute Gasteiger partial charge is 0.282 e. The van der Waals surface area contributed by atoms with E-state index >= 15 is 0 Å². The molecule has 1 aromatic rings. The van der Waals surface area contributed by atoms with Crippen molar-refractivity contribution in [3.05, 3.63) is 23.3 Å². The van der Waals surface area contributed by atoms with Crippen molar-refractivity contribution >= 4 is 16.1 Å². The van der Waals surface area contributed by atoms with Crippen molar-refractivity contribution < 1.29 is 13.2 Å². The maximum Gasteiger partial charge on any atom is 0.282 e. The number of hydrogen-bond donors (Lipinski definition) is 1. The van der Waals surface area contributed by atoms with E-state index in [4.69, 9.17) is 0 Å². The van der Waals surface area contributed by atoms with E-state index in [1.54, 1.807) is 13.1 Å². The number of nitrogens with one attached hydrogen (secondary N) is 1. The van der Waals surface area contributed by atoms with Crippen LogP contribution < -0.4 is 5.32 Å². The SMILES string of the molecule is CC(=O)NCc1cnc(C)nc1[C@H]1CCCN1S(=O)(=O)N(C)C. The molecule has 0 saturated carbocycles.